The van der Waals surface area contributed by atoms with Gasteiger partial charge in [-0.05, 0) is 19.1 Å². The highest BCUT2D eigenvalue weighted by Gasteiger charge is 2.26. The zero-order valence-corrected chi connectivity index (χ0v) is 13.3. The second kappa shape index (κ2) is 7.11. The standard InChI is InChI=1S/C17H26N4O/c1-14(11-19-17(22)15-12-18-13-15)20-7-9-21(10-8-20)16-5-3-2-4-6-16/h2-6,14-15,18H,7-13H2,1H3,(H,19,22). The lowest BCUT2D eigenvalue weighted by molar-refractivity contribution is -0.126. The van der Waals surface area contributed by atoms with Gasteiger partial charge in [0.15, 0.2) is 0 Å². The highest BCUT2D eigenvalue weighted by molar-refractivity contribution is 5.80. The number of nitrogens with one attached hydrogen (secondary N) is 2. The van der Waals surface area contributed by atoms with Gasteiger partial charge < -0.3 is 15.5 Å². The zero-order chi connectivity index (χ0) is 15.4. The summed E-state index contributed by atoms with van der Waals surface area (Å²) in [5.41, 5.74) is 1.31. The lowest BCUT2D eigenvalue weighted by atomic mass is 10.0. The largest absolute Gasteiger partial charge is 0.369 e. The topological polar surface area (TPSA) is 47.6 Å². The predicted octanol–water partition coefficient (Wildman–Crippen LogP) is 0.533. The fourth-order valence-corrected chi connectivity index (χ4v) is 3.06. The van der Waals surface area contributed by atoms with Crippen LogP contribution in [0.25, 0.3) is 0 Å². The molecule has 2 aliphatic rings. The number of para-hydroxylation sites is 1. The molecule has 5 nitrogen and oxygen atoms in total. The van der Waals surface area contributed by atoms with Crippen LogP contribution in [0.5, 0.6) is 0 Å². The summed E-state index contributed by atoms with van der Waals surface area (Å²) in [5, 5.41) is 6.23. The molecule has 0 aliphatic carbocycles. The molecule has 0 aromatic heterocycles. The zero-order valence-electron chi connectivity index (χ0n) is 13.3. The number of rotatable bonds is 5. The minimum Gasteiger partial charge on any atom is -0.369 e. The summed E-state index contributed by atoms with van der Waals surface area (Å²) in [6.07, 6.45) is 0. The average molecular weight is 302 g/mol. The van der Waals surface area contributed by atoms with Crippen molar-refractivity contribution >= 4 is 11.6 Å². The molecule has 0 radical (unpaired) electrons. The summed E-state index contributed by atoms with van der Waals surface area (Å²) >= 11 is 0. The summed E-state index contributed by atoms with van der Waals surface area (Å²) in [6, 6.07) is 11.0. The van der Waals surface area contributed by atoms with E-state index in [-0.39, 0.29) is 11.8 Å². The minimum absolute atomic E-state index is 0.183. The van der Waals surface area contributed by atoms with Crippen molar-refractivity contribution in [1.29, 1.82) is 0 Å². The maximum atomic E-state index is 11.9. The van der Waals surface area contributed by atoms with Crippen molar-refractivity contribution in [2.75, 3.05) is 50.7 Å². The first-order chi connectivity index (χ1) is 10.7. The lowest BCUT2D eigenvalue weighted by Gasteiger charge is -2.39. The van der Waals surface area contributed by atoms with Gasteiger partial charge in [-0.3, -0.25) is 9.69 Å². The molecule has 1 aromatic rings. The normalized spacial score (nSPS) is 21.2. The van der Waals surface area contributed by atoms with E-state index < -0.39 is 0 Å². The number of anilines is 1. The van der Waals surface area contributed by atoms with Crippen LogP contribution < -0.4 is 15.5 Å². The molecule has 2 N–H and O–H groups in total. The van der Waals surface area contributed by atoms with Crippen molar-refractivity contribution in [3.05, 3.63) is 30.3 Å². The highest BCUT2D eigenvalue weighted by Crippen LogP contribution is 2.16. The van der Waals surface area contributed by atoms with Crippen LogP contribution in [-0.2, 0) is 4.79 Å². The maximum absolute atomic E-state index is 11.9. The number of carbonyl (C=O) groups is 1. The van der Waals surface area contributed by atoms with Gasteiger partial charge in [-0.1, -0.05) is 18.2 Å². The summed E-state index contributed by atoms with van der Waals surface area (Å²) in [4.78, 5) is 16.8. The number of piperazine rings is 1. The summed E-state index contributed by atoms with van der Waals surface area (Å²) in [7, 11) is 0. The van der Waals surface area contributed by atoms with E-state index in [1.165, 1.54) is 5.69 Å². The molecule has 5 heteroatoms. The van der Waals surface area contributed by atoms with E-state index >= 15 is 0 Å². The molecule has 2 heterocycles. The molecule has 2 fully saturated rings. The molecular formula is C17H26N4O. The van der Waals surface area contributed by atoms with E-state index in [4.69, 9.17) is 0 Å². The third kappa shape index (κ3) is 3.59. The Morgan fingerprint density at radius 2 is 1.91 bits per heavy atom. The summed E-state index contributed by atoms with van der Waals surface area (Å²) in [5.74, 6) is 0.385. The van der Waals surface area contributed by atoms with Crippen molar-refractivity contribution in [2.45, 2.75) is 13.0 Å². The summed E-state index contributed by atoms with van der Waals surface area (Å²) in [6.45, 7) is 8.82. The van der Waals surface area contributed by atoms with Crippen LogP contribution in [-0.4, -0.2) is 62.7 Å². The molecule has 3 rings (SSSR count). The summed E-state index contributed by atoms with van der Waals surface area (Å²) < 4.78 is 0. The van der Waals surface area contributed by atoms with E-state index in [2.05, 4.69) is 57.7 Å². The maximum Gasteiger partial charge on any atom is 0.225 e. The molecular weight excluding hydrogens is 276 g/mol. The van der Waals surface area contributed by atoms with Crippen LogP contribution in [0.1, 0.15) is 6.92 Å². The Balaban J connectivity index is 1.41. The molecule has 1 unspecified atom stereocenters. The fraction of sp³-hybridized carbons (Fsp3) is 0.588. The van der Waals surface area contributed by atoms with Crippen LogP contribution in [0, 0.1) is 5.92 Å². The van der Waals surface area contributed by atoms with E-state index in [1.54, 1.807) is 0 Å². The lowest BCUT2D eigenvalue weighted by Crippen LogP contribution is -2.55. The van der Waals surface area contributed by atoms with Crippen LogP contribution in [0.15, 0.2) is 30.3 Å². The molecule has 22 heavy (non-hydrogen) atoms. The first kappa shape index (κ1) is 15.3. The molecule has 2 aliphatic heterocycles. The second-order valence-corrected chi connectivity index (χ2v) is 6.31. The Morgan fingerprint density at radius 3 is 2.50 bits per heavy atom. The third-order valence-electron chi connectivity index (χ3n) is 4.78. The van der Waals surface area contributed by atoms with Gasteiger partial charge >= 0.3 is 0 Å². The van der Waals surface area contributed by atoms with Gasteiger partial charge in [-0.2, -0.15) is 0 Å². The van der Waals surface area contributed by atoms with Crippen LogP contribution in [0.3, 0.4) is 0 Å². The second-order valence-electron chi connectivity index (χ2n) is 6.31. The number of carbonyl (C=O) groups excluding carboxylic acids is 1. The van der Waals surface area contributed by atoms with Gasteiger partial charge in [0.25, 0.3) is 0 Å². The van der Waals surface area contributed by atoms with Gasteiger partial charge in [0.05, 0.1) is 5.92 Å². The Bertz CT molecular complexity index is 481. The Kier molecular flexibility index (Phi) is 4.95. The third-order valence-corrected chi connectivity index (χ3v) is 4.78. The SMILES string of the molecule is CC(CNC(=O)C1CNC1)N1CCN(c2ccccc2)CC1. The minimum atomic E-state index is 0.183. The Morgan fingerprint density at radius 1 is 1.23 bits per heavy atom. The highest BCUT2D eigenvalue weighted by atomic mass is 16.2. The number of hydrogen-bond donors (Lipinski definition) is 2. The average Bonchev–Trinajstić information content (AvgIpc) is 2.52. The smallest absolute Gasteiger partial charge is 0.225 e. The van der Waals surface area contributed by atoms with Gasteiger partial charge in [-0.15, -0.1) is 0 Å². The number of amides is 1. The van der Waals surface area contributed by atoms with E-state index in [0.717, 1.165) is 45.8 Å². The van der Waals surface area contributed by atoms with Gasteiger partial charge in [0, 0.05) is 57.5 Å². The monoisotopic (exact) mass is 302 g/mol. The van der Waals surface area contributed by atoms with Crippen molar-refractivity contribution < 1.29 is 4.79 Å². The fourth-order valence-electron chi connectivity index (χ4n) is 3.06. The molecule has 0 saturated carbocycles. The van der Waals surface area contributed by atoms with E-state index in [9.17, 15) is 4.79 Å². The Labute approximate surface area is 132 Å². The molecule has 1 atom stereocenters. The number of benzene rings is 1. The molecule has 2 saturated heterocycles. The van der Waals surface area contributed by atoms with Crippen molar-refractivity contribution in [1.82, 2.24) is 15.5 Å². The number of nitrogens with zero attached hydrogens (tertiary/aromatic N) is 2. The van der Waals surface area contributed by atoms with Gasteiger partial charge in [0.2, 0.25) is 5.91 Å². The molecule has 1 amide bonds. The quantitative estimate of drug-likeness (QED) is 0.833. The molecule has 0 spiro atoms. The molecule has 0 bridgehead atoms. The van der Waals surface area contributed by atoms with Crippen LogP contribution in [0.4, 0.5) is 5.69 Å². The molecule has 120 valence electrons. The molecule has 1 aromatic carbocycles. The van der Waals surface area contributed by atoms with Gasteiger partial charge in [-0.25, -0.2) is 0 Å². The van der Waals surface area contributed by atoms with Crippen molar-refractivity contribution in [2.24, 2.45) is 5.92 Å². The van der Waals surface area contributed by atoms with Crippen molar-refractivity contribution in [3.63, 3.8) is 0 Å². The van der Waals surface area contributed by atoms with Crippen molar-refractivity contribution in [3.8, 4) is 0 Å². The van der Waals surface area contributed by atoms with E-state index in [0.29, 0.717) is 6.04 Å². The number of hydrogen-bond acceptors (Lipinski definition) is 4. The first-order valence-electron chi connectivity index (χ1n) is 8.26. The van der Waals surface area contributed by atoms with Crippen LogP contribution >= 0.6 is 0 Å². The van der Waals surface area contributed by atoms with Gasteiger partial charge in [0.1, 0.15) is 0 Å². The predicted molar refractivity (Wildman–Crippen MR) is 89.1 cm³/mol. The van der Waals surface area contributed by atoms with Crippen LogP contribution in [0.2, 0.25) is 0 Å². The first-order valence-corrected chi connectivity index (χ1v) is 8.26. The Hall–Kier alpha value is -1.59. The van der Waals surface area contributed by atoms with E-state index in [1.807, 2.05) is 0 Å².